The molecule has 0 saturated carbocycles. The first-order valence-corrected chi connectivity index (χ1v) is 13.2. The number of nitrogens with one attached hydrogen (secondary N) is 2. The summed E-state index contributed by atoms with van der Waals surface area (Å²) >= 11 is 12.6. The van der Waals surface area contributed by atoms with Gasteiger partial charge in [0.2, 0.25) is 5.82 Å². The Balaban J connectivity index is 1.46. The van der Waals surface area contributed by atoms with E-state index in [1.807, 2.05) is 54.0 Å². The topological polar surface area (TPSA) is 131 Å². The number of aromatic nitrogens is 2. The highest BCUT2D eigenvalue weighted by atomic mass is 35.5. The number of carbonyl (C=O) groups excluding carboxylic acids is 1. The third-order valence-electron chi connectivity index (χ3n) is 6.25. The highest BCUT2D eigenvalue weighted by molar-refractivity contribution is 6.36. The van der Waals surface area contributed by atoms with Crippen molar-refractivity contribution >= 4 is 52.1 Å². The molecular formula is C28H29Cl2N7O3. The molecule has 1 amide bonds. The lowest BCUT2D eigenvalue weighted by molar-refractivity contribution is -0.384. The van der Waals surface area contributed by atoms with Crippen LogP contribution in [0.5, 0.6) is 0 Å². The SMILES string of the molecule is CN(C)c1ccc(CNC(=O)c2cn(CCCNc3ccc([N+](=O)[O-])c(N)n3)cc2-c2ccc(Cl)cc2Cl)cc1. The molecule has 0 aliphatic heterocycles. The summed E-state index contributed by atoms with van der Waals surface area (Å²) in [7, 11) is 3.95. The molecule has 2 aromatic carbocycles. The molecule has 40 heavy (non-hydrogen) atoms. The Labute approximate surface area is 241 Å². The molecule has 10 nitrogen and oxygen atoms in total. The molecule has 0 unspecified atom stereocenters. The summed E-state index contributed by atoms with van der Waals surface area (Å²) in [5.41, 5.74) is 9.38. The molecule has 0 bridgehead atoms. The quantitative estimate of drug-likeness (QED) is 0.115. The van der Waals surface area contributed by atoms with Crippen molar-refractivity contribution in [1.29, 1.82) is 0 Å². The molecule has 0 aliphatic rings. The van der Waals surface area contributed by atoms with Crippen LogP contribution in [0.2, 0.25) is 10.0 Å². The lowest BCUT2D eigenvalue weighted by Crippen LogP contribution is -2.23. The normalized spacial score (nSPS) is 10.8. The maximum absolute atomic E-state index is 13.3. The summed E-state index contributed by atoms with van der Waals surface area (Å²) in [5, 5.41) is 18.0. The molecule has 0 saturated heterocycles. The van der Waals surface area contributed by atoms with Gasteiger partial charge in [0, 0.05) is 79.0 Å². The zero-order valence-corrected chi connectivity index (χ0v) is 23.5. The van der Waals surface area contributed by atoms with Crippen molar-refractivity contribution in [3.05, 3.63) is 98.3 Å². The smallest absolute Gasteiger partial charge is 0.311 e. The number of aryl methyl sites for hydroxylation is 1. The van der Waals surface area contributed by atoms with E-state index in [4.69, 9.17) is 28.9 Å². The van der Waals surface area contributed by atoms with Crippen LogP contribution in [0.25, 0.3) is 11.1 Å². The van der Waals surface area contributed by atoms with E-state index in [0.29, 0.717) is 58.6 Å². The molecule has 4 N–H and O–H groups in total. The minimum atomic E-state index is -0.572. The van der Waals surface area contributed by atoms with Crippen molar-refractivity contribution in [1.82, 2.24) is 14.9 Å². The summed E-state index contributed by atoms with van der Waals surface area (Å²) in [4.78, 5) is 29.7. The van der Waals surface area contributed by atoms with Crippen LogP contribution in [-0.4, -0.2) is 41.0 Å². The standard InChI is InChI=1S/C28H29Cl2N7O3/c1-35(2)20-7-4-18(5-8-20)15-33-28(38)23-17-36(16-22(23)21-9-6-19(29)14-24(21)30)13-3-12-32-26-11-10-25(37(39)40)27(31)34-26/h4-11,14,16-17H,3,12-13,15H2,1-2H3,(H,33,38)(H3,31,32,34). The minimum Gasteiger partial charge on any atom is -0.378 e. The Hall–Kier alpha value is -4.28. The van der Waals surface area contributed by atoms with E-state index in [-0.39, 0.29) is 17.4 Å². The van der Waals surface area contributed by atoms with Gasteiger partial charge in [0.05, 0.1) is 10.5 Å². The predicted octanol–water partition coefficient (Wildman–Crippen LogP) is 5.85. The average molecular weight is 582 g/mol. The molecule has 0 radical (unpaired) electrons. The van der Waals surface area contributed by atoms with E-state index < -0.39 is 4.92 Å². The highest BCUT2D eigenvalue weighted by Gasteiger charge is 2.18. The van der Waals surface area contributed by atoms with Crippen LogP contribution in [0, 0.1) is 10.1 Å². The number of hydrogen-bond acceptors (Lipinski definition) is 7. The summed E-state index contributed by atoms with van der Waals surface area (Å²) in [6.07, 6.45) is 4.37. The predicted molar refractivity (Wildman–Crippen MR) is 160 cm³/mol. The van der Waals surface area contributed by atoms with Crippen molar-refractivity contribution in [3.63, 3.8) is 0 Å². The van der Waals surface area contributed by atoms with Crippen molar-refractivity contribution in [2.75, 3.05) is 36.6 Å². The van der Waals surface area contributed by atoms with Gasteiger partial charge in [0.15, 0.2) is 0 Å². The highest BCUT2D eigenvalue weighted by Crippen LogP contribution is 2.33. The number of nitrogens with two attached hydrogens (primary N) is 1. The molecule has 0 aliphatic carbocycles. The van der Waals surface area contributed by atoms with Gasteiger partial charge in [-0.25, -0.2) is 4.98 Å². The van der Waals surface area contributed by atoms with Gasteiger partial charge in [0.25, 0.3) is 5.91 Å². The van der Waals surface area contributed by atoms with Gasteiger partial charge in [-0.05, 0) is 42.3 Å². The van der Waals surface area contributed by atoms with Crippen LogP contribution in [0.15, 0.2) is 67.0 Å². The number of carbonyl (C=O) groups is 1. The molecule has 0 atom stereocenters. The number of rotatable bonds is 11. The van der Waals surface area contributed by atoms with Gasteiger partial charge >= 0.3 is 5.69 Å². The van der Waals surface area contributed by atoms with E-state index >= 15 is 0 Å². The van der Waals surface area contributed by atoms with E-state index in [1.54, 1.807) is 24.4 Å². The lowest BCUT2D eigenvalue weighted by Gasteiger charge is -2.13. The Bertz CT molecular complexity index is 1520. The second-order valence-electron chi connectivity index (χ2n) is 9.33. The van der Waals surface area contributed by atoms with E-state index in [1.165, 1.54) is 12.1 Å². The third-order valence-corrected chi connectivity index (χ3v) is 6.80. The maximum Gasteiger partial charge on any atom is 0.311 e. The zero-order valence-electron chi connectivity index (χ0n) is 22.0. The van der Waals surface area contributed by atoms with Gasteiger partial charge < -0.3 is 25.8 Å². The van der Waals surface area contributed by atoms with Crippen LogP contribution in [-0.2, 0) is 13.1 Å². The third kappa shape index (κ3) is 7.02. The first-order chi connectivity index (χ1) is 19.1. The fourth-order valence-corrected chi connectivity index (χ4v) is 4.64. The number of nitro groups is 1. The number of benzene rings is 2. The van der Waals surface area contributed by atoms with Crippen LogP contribution in [0.3, 0.4) is 0 Å². The summed E-state index contributed by atoms with van der Waals surface area (Å²) in [5.74, 6) is 0.0808. The van der Waals surface area contributed by atoms with Gasteiger partial charge in [-0.2, -0.15) is 0 Å². The Morgan fingerprint density at radius 2 is 1.82 bits per heavy atom. The maximum atomic E-state index is 13.3. The van der Waals surface area contributed by atoms with Crippen molar-refractivity contribution < 1.29 is 9.72 Å². The van der Waals surface area contributed by atoms with Crippen LogP contribution in [0.1, 0.15) is 22.3 Å². The van der Waals surface area contributed by atoms with Crippen LogP contribution in [0.4, 0.5) is 23.0 Å². The molecular weight excluding hydrogens is 553 g/mol. The van der Waals surface area contributed by atoms with Crippen molar-refractivity contribution in [2.45, 2.75) is 19.5 Å². The number of nitrogens with zero attached hydrogens (tertiary/aromatic N) is 4. The van der Waals surface area contributed by atoms with Gasteiger partial charge in [-0.3, -0.25) is 14.9 Å². The minimum absolute atomic E-state index is 0.144. The first kappa shape index (κ1) is 28.7. The molecule has 2 heterocycles. The fraction of sp³-hybridized carbons (Fsp3) is 0.214. The Kier molecular flexibility index (Phi) is 9.13. The number of halogens is 2. The van der Waals surface area contributed by atoms with Gasteiger partial charge in [-0.15, -0.1) is 0 Å². The largest absolute Gasteiger partial charge is 0.378 e. The van der Waals surface area contributed by atoms with Crippen molar-refractivity contribution in [2.24, 2.45) is 0 Å². The Morgan fingerprint density at radius 3 is 2.48 bits per heavy atom. The van der Waals surface area contributed by atoms with E-state index in [0.717, 1.165) is 11.3 Å². The van der Waals surface area contributed by atoms with Gasteiger partial charge in [0.1, 0.15) is 5.82 Å². The number of hydrogen-bond donors (Lipinski definition) is 3. The summed E-state index contributed by atoms with van der Waals surface area (Å²) in [6.45, 7) is 1.50. The second kappa shape index (κ2) is 12.7. The summed E-state index contributed by atoms with van der Waals surface area (Å²) in [6, 6.07) is 16.0. The number of nitrogen functional groups attached to an aromatic ring is 1. The van der Waals surface area contributed by atoms with Crippen molar-refractivity contribution in [3.8, 4) is 11.1 Å². The Morgan fingerprint density at radius 1 is 1.07 bits per heavy atom. The van der Waals surface area contributed by atoms with Crippen LogP contribution >= 0.6 is 23.2 Å². The first-order valence-electron chi connectivity index (χ1n) is 12.5. The van der Waals surface area contributed by atoms with E-state index in [2.05, 4.69) is 15.6 Å². The zero-order chi connectivity index (χ0) is 28.8. The molecule has 4 rings (SSSR count). The van der Waals surface area contributed by atoms with Gasteiger partial charge in [-0.1, -0.05) is 41.4 Å². The average Bonchev–Trinajstić information content (AvgIpc) is 3.33. The second-order valence-corrected chi connectivity index (χ2v) is 10.2. The molecule has 0 spiro atoms. The molecule has 2 aromatic heterocycles. The number of anilines is 3. The lowest BCUT2D eigenvalue weighted by atomic mass is 10.0. The molecule has 208 valence electrons. The number of amides is 1. The molecule has 0 fully saturated rings. The molecule has 12 heteroatoms. The molecule has 4 aromatic rings. The number of pyridine rings is 1. The van der Waals surface area contributed by atoms with E-state index in [9.17, 15) is 14.9 Å². The fourth-order valence-electron chi connectivity index (χ4n) is 4.13. The van der Waals surface area contributed by atoms with Crippen LogP contribution < -0.4 is 21.3 Å². The monoisotopic (exact) mass is 581 g/mol. The summed E-state index contributed by atoms with van der Waals surface area (Å²) < 4.78 is 1.93.